The Kier molecular flexibility index (Phi) is 7.39. The molecule has 1 N–H and O–H groups in total. The molecule has 2 aromatic rings. The molecule has 0 aliphatic carbocycles. The number of amides is 2. The number of aryl methyl sites for hydroxylation is 1. The van der Waals surface area contributed by atoms with Gasteiger partial charge >= 0.3 is 0 Å². The average molecular weight is 394 g/mol. The van der Waals surface area contributed by atoms with Gasteiger partial charge in [-0.1, -0.05) is 62.9 Å². The third-order valence-electron chi connectivity index (χ3n) is 5.60. The first-order valence-electron chi connectivity index (χ1n) is 10.7. The van der Waals surface area contributed by atoms with E-state index >= 15 is 0 Å². The Balaban J connectivity index is 1.77. The molecule has 1 aromatic carbocycles. The maximum atomic E-state index is 13.3. The number of pyridine rings is 1. The Labute approximate surface area is 173 Å². The molecule has 3 rings (SSSR count). The molecule has 1 unspecified atom stereocenters. The number of fused-ring (bicyclic) bond motifs is 1. The van der Waals surface area contributed by atoms with E-state index in [1.165, 1.54) is 12.8 Å². The van der Waals surface area contributed by atoms with Gasteiger partial charge in [0.1, 0.15) is 11.9 Å². The van der Waals surface area contributed by atoms with Crippen molar-refractivity contribution in [2.24, 2.45) is 0 Å². The molecule has 0 spiro atoms. The van der Waals surface area contributed by atoms with E-state index in [-0.39, 0.29) is 11.8 Å². The van der Waals surface area contributed by atoms with Crippen LogP contribution in [0, 0.1) is 6.92 Å². The largest absolute Gasteiger partial charge is 0.326 e. The fourth-order valence-corrected chi connectivity index (χ4v) is 3.94. The molecule has 2 heterocycles. The summed E-state index contributed by atoms with van der Waals surface area (Å²) in [7, 11) is 0. The van der Waals surface area contributed by atoms with Gasteiger partial charge in [0.2, 0.25) is 5.91 Å². The maximum Gasteiger partial charge on any atom is 0.252 e. The predicted octanol–water partition coefficient (Wildman–Crippen LogP) is 4.82. The highest BCUT2D eigenvalue weighted by Crippen LogP contribution is 2.31. The third-order valence-corrected chi connectivity index (χ3v) is 5.60. The molecule has 0 saturated heterocycles. The second-order valence-corrected chi connectivity index (χ2v) is 7.76. The minimum absolute atomic E-state index is 0.0638. The van der Waals surface area contributed by atoms with E-state index < -0.39 is 6.04 Å². The lowest BCUT2D eigenvalue weighted by Gasteiger charge is -2.36. The van der Waals surface area contributed by atoms with Gasteiger partial charge < -0.3 is 10.2 Å². The Morgan fingerprint density at radius 2 is 1.90 bits per heavy atom. The van der Waals surface area contributed by atoms with Gasteiger partial charge in [-0.15, -0.1) is 0 Å². The van der Waals surface area contributed by atoms with Gasteiger partial charge in [-0.3, -0.25) is 9.59 Å². The van der Waals surface area contributed by atoms with Crippen molar-refractivity contribution in [3.63, 3.8) is 0 Å². The van der Waals surface area contributed by atoms with Gasteiger partial charge in [0, 0.05) is 19.2 Å². The maximum absolute atomic E-state index is 13.3. The molecule has 1 aliphatic heterocycles. The van der Waals surface area contributed by atoms with Crippen molar-refractivity contribution in [1.29, 1.82) is 0 Å². The zero-order valence-electron chi connectivity index (χ0n) is 17.5. The van der Waals surface area contributed by atoms with E-state index in [9.17, 15) is 9.59 Å². The van der Waals surface area contributed by atoms with Gasteiger partial charge in [-0.25, -0.2) is 4.98 Å². The SMILES string of the molecule is CCCCCCCC(=O)N1CCc2ccccc2C1C(=O)Nc1ncccc1C. The number of rotatable bonds is 8. The van der Waals surface area contributed by atoms with Crippen molar-refractivity contribution in [3.05, 3.63) is 59.3 Å². The van der Waals surface area contributed by atoms with Gasteiger partial charge in [-0.05, 0) is 42.5 Å². The topological polar surface area (TPSA) is 62.3 Å². The number of hydrogen-bond donors (Lipinski definition) is 1. The van der Waals surface area contributed by atoms with Crippen molar-refractivity contribution >= 4 is 17.6 Å². The van der Waals surface area contributed by atoms with Crippen molar-refractivity contribution in [2.75, 3.05) is 11.9 Å². The molecule has 0 fully saturated rings. The number of unbranched alkanes of at least 4 members (excludes halogenated alkanes) is 4. The average Bonchev–Trinajstić information content (AvgIpc) is 2.74. The second kappa shape index (κ2) is 10.2. The van der Waals surface area contributed by atoms with Crippen LogP contribution in [0.1, 0.15) is 68.2 Å². The highest BCUT2D eigenvalue weighted by atomic mass is 16.2. The summed E-state index contributed by atoms with van der Waals surface area (Å²) < 4.78 is 0. The lowest BCUT2D eigenvalue weighted by molar-refractivity contribution is -0.139. The second-order valence-electron chi connectivity index (χ2n) is 7.76. The summed E-state index contributed by atoms with van der Waals surface area (Å²) in [6.45, 7) is 4.67. The molecule has 0 bridgehead atoms. The number of aromatic nitrogens is 1. The molecule has 154 valence electrons. The predicted molar refractivity (Wildman–Crippen MR) is 116 cm³/mol. The van der Waals surface area contributed by atoms with E-state index in [1.807, 2.05) is 43.3 Å². The Morgan fingerprint density at radius 3 is 2.69 bits per heavy atom. The number of carbonyl (C=O) groups is 2. The summed E-state index contributed by atoms with van der Waals surface area (Å²) in [5.41, 5.74) is 2.96. The number of nitrogens with zero attached hydrogens (tertiary/aromatic N) is 2. The molecule has 5 nitrogen and oxygen atoms in total. The van der Waals surface area contributed by atoms with Crippen LogP contribution in [0.5, 0.6) is 0 Å². The smallest absolute Gasteiger partial charge is 0.252 e. The summed E-state index contributed by atoms with van der Waals surface area (Å²) in [4.78, 5) is 32.3. The summed E-state index contributed by atoms with van der Waals surface area (Å²) in [5.74, 6) is 0.416. The van der Waals surface area contributed by atoms with Crippen molar-refractivity contribution in [3.8, 4) is 0 Å². The van der Waals surface area contributed by atoms with Crippen LogP contribution in [0.4, 0.5) is 5.82 Å². The lowest BCUT2D eigenvalue weighted by Crippen LogP contribution is -2.45. The zero-order chi connectivity index (χ0) is 20.6. The Hall–Kier alpha value is -2.69. The molecule has 1 aliphatic rings. The van der Waals surface area contributed by atoms with Crippen LogP contribution >= 0.6 is 0 Å². The van der Waals surface area contributed by atoms with Gasteiger partial charge in [0.15, 0.2) is 0 Å². The molecular weight excluding hydrogens is 362 g/mol. The van der Waals surface area contributed by atoms with Gasteiger partial charge in [0.25, 0.3) is 5.91 Å². The van der Waals surface area contributed by atoms with E-state index in [4.69, 9.17) is 0 Å². The minimum atomic E-state index is -0.607. The normalized spacial score (nSPS) is 15.7. The molecule has 0 radical (unpaired) electrons. The fraction of sp³-hybridized carbons (Fsp3) is 0.458. The molecule has 5 heteroatoms. The molecule has 0 saturated carbocycles. The van der Waals surface area contributed by atoms with Crippen LogP contribution in [0.3, 0.4) is 0 Å². The molecule has 1 atom stereocenters. The Morgan fingerprint density at radius 1 is 1.10 bits per heavy atom. The summed E-state index contributed by atoms with van der Waals surface area (Å²) in [6, 6.07) is 11.1. The van der Waals surface area contributed by atoms with Crippen LogP contribution in [0.15, 0.2) is 42.6 Å². The zero-order valence-corrected chi connectivity index (χ0v) is 17.5. The summed E-state index contributed by atoms with van der Waals surface area (Å²) in [5, 5.41) is 2.95. The van der Waals surface area contributed by atoms with Crippen molar-refractivity contribution < 1.29 is 9.59 Å². The highest BCUT2D eigenvalue weighted by Gasteiger charge is 2.35. The molecule has 29 heavy (non-hydrogen) atoms. The first kappa shape index (κ1) is 21.0. The van der Waals surface area contributed by atoms with Crippen LogP contribution in [0.25, 0.3) is 0 Å². The lowest BCUT2D eigenvalue weighted by atomic mass is 9.91. The standard InChI is InChI=1S/C24H31N3O2/c1-3-4-5-6-7-14-21(28)27-17-15-19-12-8-9-13-20(19)22(27)24(29)26-23-18(2)11-10-16-25-23/h8-13,16,22H,3-7,14-15,17H2,1-2H3,(H,25,26,29). The fourth-order valence-electron chi connectivity index (χ4n) is 3.94. The van der Waals surface area contributed by atoms with Gasteiger partial charge in [0.05, 0.1) is 0 Å². The van der Waals surface area contributed by atoms with E-state index in [0.717, 1.165) is 42.4 Å². The van der Waals surface area contributed by atoms with Crippen LogP contribution in [-0.2, 0) is 16.0 Å². The third kappa shape index (κ3) is 5.22. The summed E-state index contributed by atoms with van der Waals surface area (Å²) in [6.07, 6.45) is 8.44. The number of carbonyl (C=O) groups excluding carboxylic acids is 2. The number of anilines is 1. The number of hydrogen-bond acceptors (Lipinski definition) is 3. The quantitative estimate of drug-likeness (QED) is 0.654. The monoisotopic (exact) mass is 393 g/mol. The van der Waals surface area contributed by atoms with Crippen LogP contribution in [0.2, 0.25) is 0 Å². The number of nitrogens with one attached hydrogen (secondary N) is 1. The molecule has 1 aromatic heterocycles. The van der Waals surface area contributed by atoms with Crippen molar-refractivity contribution in [1.82, 2.24) is 9.88 Å². The summed E-state index contributed by atoms with van der Waals surface area (Å²) >= 11 is 0. The molecular formula is C24H31N3O2. The van der Waals surface area contributed by atoms with Crippen LogP contribution < -0.4 is 5.32 Å². The van der Waals surface area contributed by atoms with Gasteiger partial charge in [-0.2, -0.15) is 0 Å². The molecule has 2 amide bonds. The number of benzene rings is 1. The Bertz CT molecular complexity index is 850. The van der Waals surface area contributed by atoms with E-state index in [1.54, 1.807) is 11.1 Å². The minimum Gasteiger partial charge on any atom is -0.326 e. The van der Waals surface area contributed by atoms with E-state index in [0.29, 0.717) is 18.8 Å². The van der Waals surface area contributed by atoms with E-state index in [2.05, 4.69) is 17.2 Å². The van der Waals surface area contributed by atoms with Crippen LogP contribution in [-0.4, -0.2) is 28.2 Å². The first-order valence-corrected chi connectivity index (χ1v) is 10.7. The first-order chi connectivity index (χ1) is 14.1. The highest BCUT2D eigenvalue weighted by molar-refractivity contribution is 5.98. The van der Waals surface area contributed by atoms with Crippen molar-refractivity contribution in [2.45, 2.75) is 64.8 Å².